The van der Waals surface area contributed by atoms with Gasteiger partial charge >= 0.3 is 6.36 Å². The number of benzene rings is 2. The molecule has 0 fully saturated rings. The van der Waals surface area contributed by atoms with Gasteiger partial charge in [0.25, 0.3) is 0 Å². The molecule has 134 valence electrons. The first-order valence-corrected chi connectivity index (χ1v) is 7.78. The van der Waals surface area contributed by atoms with Gasteiger partial charge in [0.2, 0.25) is 5.91 Å². The van der Waals surface area contributed by atoms with Crippen molar-refractivity contribution in [1.82, 2.24) is 0 Å². The van der Waals surface area contributed by atoms with E-state index >= 15 is 0 Å². The summed E-state index contributed by atoms with van der Waals surface area (Å²) in [5.41, 5.74) is 1.93. The van der Waals surface area contributed by atoms with E-state index in [1.165, 1.54) is 12.1 Å². The standard InChI is InChI=1S/C19H20F3NO2/c1-13-4-6-14(7-5-13)12-18(2,3)17(24)23-15-8-10-16(11-9-15)25-19(20,21)22/h4-11H,12H2,1-3H3,(H,23,24). The highest BCUT2D eigenvalue weighted by Gasteiger charge is 2.31. The zero-order valence-corrected chi connectivity index (χ0v) is 14.3. The topological polar surface area (TPSA) is 38.3 Å². The molecular weight excluding hydrogens is 331 g/mol. The Hall–Kier alpha value is -2.50. The van der Waals surface area contributed by atoms with Gasteiger partial charge in [-0.05, 0) is 43.2 Å². The fourth-order valence-electron chi connectivity index (χ4n) is 2.34. The number of carbonyl (C=O) groups is 1. The van der Waals surface area contributed by atoms with E-state index in [-0.39, 0.29) is 11.7 Å². The Morgan fingerprint density at radius 1 is 1.00 bits per heavy atom. The van der Waals surface area contributed by atoms with Gasteiger partial charge in [-0.2, -0.15) is 0 Å². The van der Waals surface area contributed by atoms with Crippen molar-refractivity contribution >= 4 is 11.6 Å². The number of aryl methyl sites for hydroxylation is 1. The van der Waals surface area contributed by atoms with Gasteiger partial charge in [-0.25, -0.2) is 0 Å². The van der Waals surface area contributed by atoms with E-state index in [2.05, 4.69) is 10.1 Å². The highest BCUT2D eigenvalue weighted by atomic mass is 19.4. The van der Waals surface area contributed by atoms with Crippen LogP contribution in [0.15, 0.2) is 48.5 Å². The molecule has 2 aromatic rings. The molecule has 0 spiro atoms. The summed E-state index contributed by atoms with van der Waals surface area (Å²) in [4.78, 5) is 12.5. The number of anilines is 1. The summed E-state index contributed by atoms with van der Waals surface area (Å²) >= 11 is 0. The average molecular weight is 351 g/mol. The van der Waals surface area contributed by atoms with Gasteiger partial charge in [0.05, 0.1) is 0 Å². The molecule has 0 unspecified atom stereocenters. The van der Waals surface area contributed by atoms with Gasteiger partial charge in [-0.1, -0.05) is 43.7 Å². The fraction of sp³-hybridized carbons (Fsp3) is 0.316. The number of carbonyl (C=O) groups excluding carboxylic acids is 1. The van der Waals surface area contributed by atoms with Gasteiger partial charge in [-0.3, -0.25) is 4.79 Å². The SMILES string of the molecule is Cc1ccc(CC(C)(C)C(=O)Nc2ccc(OC(F)(F)F)cc2)cc1. The van der Waals surface area contributed by atoms with Crippen LogP contribution in [-0.4, -0.2) is 12.3 Å². The molecule has 0 atom stereocenters. The van der Waals surface area contributed by atoms with Crippen molar-refractivity contribution in [3.63, 3.8) is 0 Å². The van der Waals surface area contributed by atoms with Gasteiger partial charge in [0.1, 0.15) is 5.75 Å². The van der Waals surface area contributed by atoms with Crippen molar-refractivity contribution in [2.75, 3.05) is 5.32 Å². The molecule has 1 N–H and O–H groups in total. The molecule has 0 heterocycles. The quantitative estimate of drug-likeness (QED) is 0.814. The summed E-state index contributed by atoms with van der Waals surface area (Å²) in [5.74, 6) is -0.540. The predicted octanol–water partition coefficient (Wildman–Crippen LogP) is 5.10. The van der Waals surface area contributed by atoms with Crippen LogP contribution in [-0.2, 0) is 11.2 Å². The summed E-state index contributed by atoms with van der Waals surface area (Å²) < 4.78 is 40.2. The molecule has 0 aliphatic rings. The van der Waals surface area contributed by atoms with E-state index in [1.54, 1.807) is 0 Å². The van der Waals surface area contributed by atoms with Crippen molar-refractivity contribution in [2.24, 2.45) is 5.41 Å². The first-order valence-electron chi connectivity index (χ1n) is 7.78. The van der Waals surface area contributed by atoms with Crippen LogP contribution < -0.4 is 10.1 Å². The van der Waals surface area contributed by atoms with Crippen LogP contribution in [0.4, 0.5) is 18.9 Å². The molecule has 0 aliphatic carbocycles. The molecule has 2 aromatic carbocycles. The summed E-state index contributed by atoms with van der Waals surface area (Å²) in [6.07, 6.45) is -4.19. The minimum atomic E-state index is -4.74. The zero-order chi connectivity index (χ0) is 18.7. The second-order valence-electron chi connectivity index (χ2n) is 6.57. The molecular formula is C19H20F3NO2. The van der Waals surface area contributed by atoms with Crippen LogP contribution in [0.2, 0.25) is 0 Å². The second-order valence-corrected chi connectivity index (χ2v) is 6.57. The summed E-state index contributed by atoms with van der Waals surface area (Å²) in [6, 6.07) is 13.0. The predicted molar refractivity (Wildman–Crippen MR) is 90.4 cm³/mol. The minimum Gasteiger partial charge on any atom is -0.406 e. The molecule has 6 heteroatoms. The first-order chi connectivity index (χ1) is 11.5. The van der Waals surface area contributed by atoms with Crippen LogP contribution in [0, 0.1) is 12.3 Å². The number of alkyl halides is 3. The third-order valence-electron chi connectivity index (χ3n) is 3.73. The van der Waals surface area contributed by atoms with E-state index in [0.29, 0.717) is 12.1 Å². The zero-order valence-electron chi connectivity index (χ0n) is 14.3. The number of hydrogen-bond acceptors (Lipinski definition) is 2. The Morgan fingerprint density at radius 3 is 2.08 bits per heavy atom. The highest BCUT2D eigenvalue weighted by molar-refractivity contribution is 5.95. The van der Waals surface area contributed by atoms with Crippen LogP contribution in [0.3, 0.4) is 0 Å². The molecule has 2 rings (SSSR count). The maximum atomic E-state index is 12.5. The smallest absolute Gasteiger partial charge is 0.406 e. The molecule has 0 radical (unpaired) electrons. The van der Waals surface area contributed by atoms with E-state index in [1.807, 2.05) is 45.0 Å². The molecule has 1 amide bonds. The maximum Gasteiger partial charge on any atom is 0.573 e. The molecule has 0 saturated heterocycles. The van der Waals surface area contributed by atoms with Crippen LogP contribution >= 0.6 is 0 Å². The van der Waals surface area contributed by atoms with Crippen LogP contribution in [0.25, 0.3) is 0 Å². The summed E-state index contributed by atoms with van der Waals surface area (Å²) in [6.45, 7) is 5.64. The Morgan fingerprint density at radius 2 is 1.56 bits per heavy atom. The van der Waals surface area contributed by atoms with E-state index in [9.17, 15) is 18.0 Å². The Bertz CT molecular complexity index is 720. The molecule has 3 nitrogen and oxygen atoms in total. The lowest BCUT2D eigenvalue weighted by molar-refractivity contribution is -0.274. The van der Waals surface area contributed by atoms with Crippen molar-refractivity contribution in [2.45, 2.75) is 33.6 Å². The van der Waals surface area contributed by atoms with E-state index in [4.69, 9.17) is 0 Å². The number of hydrogen-bond donors (Lipinski definition) is 1. The second kappa shape index (κ2) is 7.17. The number of nitrogens with one attached hydrogen (secondary N) is 1. The third kappa shape index (κ3) is 5.81. The maximum absolute atomic E-state index is 12.5. The van der Waals surface area contributed by atoms with Crippen LogP contribution in [0.1, 0.15) is 25.0 Å². The number of halogens is 3. The minimum absolute atomic E-state index is 0.211. The van der Waals surface area contributed by atoms with Crippen molar-refractivity contribution in [3.05, 3.63) is 59.7 Å². The Kier molecular flexibility index (Phi) is 5.40. The molecule has 0 aromatic heterocycles. The summed E-state index contributed by atoms with van der Waals surface area (Å²) in [5, 5.41) is 2.73. The fourth-order valence-corrected chi connectivity index (χ4v) is 2.34. The molecule has 0 bridgehead atoms. The van der Waals surface area contributed by atoms with Gasteiger partial charge in [-0.15, -0.1) is 13.2 Å². The first kappa shape index (κ1) is 18.8. The molecule has 0 saturated carbocycles. The number of amides is 1. The van der Waals surface area contributed by atoms with E-state index < -0.39 is 11.8 Å². The Balaban J connectivity index is 2.01. The average Bonchev–Trinajstić information content (AvgIpc) is 2.50. The number of ether oxygens (including phenoxy) is 1. The van der Waals surface area contributed by atoms with Gasteiger partial charge in [0.15, 0.2) is 0 Å². The highest BCUT2D eigenvalue weighted by Crippen LogP contribution is 2.27. The summed E-state index contributed by atoms with van der Waals surface area (Å²) in [7, 11) is 0. The lowest BCUT2D eigenvalue weighted by atomic mass is 9.84. The normalized spacial score (nSPS) is 11.9. The van der Waals surface area contributed by atoms with Gasteiger partial charge < -0.3 is 10.1 Å². The number of rotatable bonds is 5. The largest absolute Gasteiger partial charge is 0.573 e. The van der Waals surface area contributed by atoms with Gasteiger partial charge in [0, 0.05) is 11.1 Å². The Labute approximate surface area is 144 Å². The van der Waals surface area contributed by atoms with Crippen molar-refractivity contribution in [1.29, 1.82) is 0 Å². The molecule has 25 heavy (non-hydrogen) atoms. The van der Waals surface area contributed by atoms with Crippen molar-refractivity contribution in [3.8, 4) is 5.75 Å². The lowest BCUT2D eigenvalue weighted by Gasteiger charge is -2.24. The van der Waals surface area contributed by atoms with Crippen LogP contribution in [0.5, 0.6) is 5.75 Å². The monoisotopic (exact) mass is 351 g/mol. The van der Waals surface area contributed by atoms with E-state index in [0.717, 1.165) is 23.3 Å². The van der Waals surface area contributed by atoms with Crippen molar-refractivity contribution < 1.29 is 22.7 Å². The lowest BCUT2D eigenvalue weighted by Crippen LogP contribution is -2.32. The third-order valence-corrected chi connectivity index (χ3v) is 3.73. The molecule has 0 aliphatic heterocycles.